The minimum absolute atomic E-state index is 0.0444. The first-order chi connectivity index (χ1) is 17.9. The van der Waals surface area contributed by atoms with Crippen LogP contribution in [0.1, 0.15) is 63.3 Å². The van der Waals surface area contributed by atoms with Gasteiger partial charge in [0.25, 0.3) is 0 Å². The maximum absolute atomic E-state index is 12.1. The molecule has 2 aromatic carbocycles. The first kappa shape index (κ1) is 26.2. The fraction of sp³-hybridized carbons (Fsp3) is 0.250. The second-order valence-corrected chi connectivity index (χ2v) is 8.92. The molecule has 0 aliphatic rings. The number of hydrogen-bond acceptors (Lipinski definition) is 5. The van der Waals surface area contributed by atoms with Crippen molar-refractivity contribution in [1.82, 2.24) is 9.55 Å². The highest BCUT2D eigenvalue weighted by Crippen LogP contribution is 2.27. The summed E-state index contributed by atoms with van der Waals surface area (Å²) in [5, 5.41) is 19.5. The van der Waals surface area contributed by atoms with Gasteiger partial charge in [-0.3, -0.25) is 0 Å². The Bertz CT molecular complexity index is 1390. The van der Waals surface area contributed by atoms with Gasteiger partial charge in [-0.15, -0.1) is 0 Å². The summed E-state index contributed by atoms with van der Waals surface area (Å²) in [5.41, 5.74) is 3.13. The first-order valence-corrected chi connectivity index (χ1v) is 12.3. The van der Waals surface area contributed by atoms with E-state index in [0.29, 0.717) is 29.4 Å². The van der Waals surface area contributed by atoms with Crippen molar-refractivity contribution in [3.05, 3.63) is 100.0 Å². The first-order valence-electron chi connectivity index (χ1n) is 11.9. The molecule has 192 valence electrons. The van der Waals surface area contributed by atoms with E-state index in [4.69, 9.17) is 20.8 Å². The van der Waals surface area contributed by atoms with Crippen LogP contribution < -0.4 is 0 Å². The van der Waals surface area contributed by atoms with Gasteiger partial charge in [-0.05, 0) is 35.2 Å². The summed E-state index contributed by atoms with van der Waals surface area (Å²) in [6, 6.07) is 16.2. The van der Waals surface area contributed by atoms with Crippen molar-refractivity contribution in [3.63, 3.8) is 0 Å². The minimum Gasteiger partial charge on any atom is -0.478 e. The summed E-state index contributed by atoms with van der Waals surface area (Å²) >= 11 is 6.50. The van der Waals surface area contributed by atoms with Crippen LogP contribution in [0.3, 0.4) is 0 Å². The van der Waals surface area contributed by atoms with Gasteiger partial charge in [0.2, 0.25) is 0 Å². The van der Waals surface area contributed by atoms with Gasteiger partial charge in [0.1, 0.15) is 23.8 Å². The second-order valence-electron chi connectivity index (χ2n) is 8.56. The molecule has 37 heavy (non-hydrogen) atoms. The third-order valence-corrected chi connectivity index (χ3v) is 6.35. The fourth-order valence-electron chi connectivity index (χ4n) is 4.16. The lowest BCUT2D eigenvalue weighted by Gasteiger charge is -2.14. The SMILES string of the molecule is CCCCc1nc(Cl)c(COCc2occc2C(=O)O)n1Cc1ccc(-c2ccccc2)c(C(=O)O)c1. The number of imidazole rings is 1. The average Bonchev–Trinajstić information content (AvgIpc) is 3.48. The van der Waals surface area contributed by atoms with E-state index in [1.807, 2.05) is 47.0 Å². The largest absolute Gasteiger partial charge is 0.478 e. The number of rotatable bonds is 12. The van der Waals surface area contributed by atoms with Crippen molar-refractivity contribution in [2.45, 2.75) is 45.9 Å². The maximum atomic E-state index is 12.1. The summed E-state index contributed by atoms with van der Waals surface area (Å²) in [5.74, 6) is -1.11. The summed E-state index contributed by atoms with van der Waals surface area (Å²) < 4.78 is 13.0. The van der Waals surface area contributed by atoms with Gasteiger partial charge in [0, 0.05) is 13.0 Å². The Labute approximate surface area is 219 Å². The molecule has 2 heterocycles. The van der Waals surface area contributed by atoms with Crippen LogP contribution in [-0.2, 0) is 30.9 Å². The molecule has 4 aromatic rings. The number of aryl methyl sites for hydroxylation is 1. The molecule has 0 spiro atoms. The zero-order valence-corrected chi connectivity index (χ0v) is 21.1. The predicted molar refractivity (Wildman–Crippen MR) is 138 cm³/mol. The predicted octanol–water partition coefficient (Wildman–Crippen LogP) is 6.30. The van der Waals surface area contributed by atoms with Crippen LogP contribution in [0.25, 0.3) is 11.1 Å². The number of halogens is 1. The Morgan fingerprint density at radius 2 is 1.78 bits per heavy atom. The van der Waals surface area contributed by atoms with Crippen LogP contribution in [0.15, 0.2) is 65.3 Å². The van der Waals surface area contributed by atoms with Crippen LogP contribution in [0, 0.1) is 0 Å². The average molecular weight is 523 g/mol. The summed E-state index contributed by atoms with van der Waals surface area (Å²) in [6.07, 6.45) is 3.89. The highest BCUT2D eigenvalue weighted by Gasteiger charge is 2.19. The van der Waals surface area contributed by atoms with Crippen molar-refractivity contribution >= 4 is 23.5 Å². The minimum atomic E-state index is -1.09. The van der Waals surface area contributed by atoms with Crippen molar-refractivity contribution in [2.24, 2.45) is 0 Å². The number of aromatic carboxylic acids is 2. The van der Waals surface area contributed by atoms with Gasteiger partial charge in [-0.25, -0.2) is 14.6 Å². The quantitative estimate of drug-likeness (QED) is 0.224. The zero-order chi connectivity index (χ0) is 26.4. The van der Waals surface area contributed by atoms with Crippen LogP contribution in [0.2, 0.25) is 5.15 Å². The van der Waals surface area contributed by atoms with E-state index >= 15 is 0 Å². The Kier molecular flexibility index (Phi) is 8.43. The molecule has 4 rings (SSSR count). The third kappa shape index (κ3) is 6.10. The Balaban J connectivity index is 1.62. The zero-order valence-electron chi connectivity index (χ0n) is 20.3. The van der Waals surface area contributed by atoms with E-state index < -0.39 is 11.9 Å². The molecule has 0 saturated carbocycles. The molecular formula is C28H27ClN2O6. The number of carboxylic acid groups (broad SMARTS) is 2. The molecule has 8 nitrogen and oxygen atoms in total. The lowest BCUT2D eigenvalue weighted by Crippen LogP contribution is -2.11. The van der Waals surface area contributed by atoms with E-state index in [9.17, 15) is 19.8 Å². The normalized spacial score (nSPS) is 11.1. The molecule has 2 aromatic heterocycles. The van der Waals surface area contributed by atoms with E-state index in [0.717, 1.165) is 29.8 Å². The van der Waals surface area contributed by atoms with E-state index in [1.165, 1.54) is 12.3 Å². The fourth-order valence-corrected chi connectivity index (χ4v) is 4.41. The molecule has 0 amide bonds. The standard InChI is InChI=1S/C28H27ClN2O6/c1-2-3-9-25-30-26(29)23(16-36-17-24-21(27(32)33)12-13-37-24)31(25)15-18-10-11-20(22(14-18)28(34)35)19-7-5-4-6-8-19/h4-8,10-14H,2-3,9,15-17H2,1H3,(H,32,33)(H,34,35). The third-order valence-electron chi connectivity index (χ3n) is 6.04. The van der Waals surface area contributed by atoms with Gasteiger partial charge in [0.05, 0.1) is 24.1 Å². The topological polar surface area (TPSA) is 115 Å². The molecule has 0 atom stereocenters. The second kappa shape index (κ2) is 11.9. The van der Waals surface area contributed by atoms with Crippen molar-refractivity contribution < 1.29 is 29.0 Å². The Morgan fingerprint density at radius 3 is 2.49 bits per heavy atom. The molecular weight excluding hydrogens is 496 g/mol. The molecule has 9 heteroatoms. The van der Waals surface area contributed by atoms with Crippen LogP contribution >= 0.6 is 11.6 Å². The summed E-state index contributed by atoms with van der Waals surface area (Å²) in [6.45, 7) is 2.47. The Hall–Kier alpha value is -3.88. The lowest BCUT2D eigenvalue weighted by atomic mass is 9.97. The summed E-state index contributed by atoms with van der Waals surface area (Å²) in [7, 11) is 0. The molecule has 2 N–H and O–H groups in total. The van der Waals surface area contributed by atoms with Crippen molar-refractivity contribution in [1.29, 1.82) is 0 Å². The molecule has 0 radical (unpaired) electrons. The number of carboxylic acids is 2. The number of carbonyl (C=O) groups is 2. The van der Waals surface area contributed by atoms with E-state index in [1.54, 1.807) is 6.07 Å². The lowest BCUT2D eigenvalue weighted by molar-refractivity contribution is 0.0665. The van der Waals surface area contributed by atoms with Crippen molar-refractivity contribution in [3.8, 4) is 11.1 Å². The van der Waals surface area contributed by atoms with Crippen LogP contribution in [-0.4, -0.2) is 31.7 Å². The van der Waals surface area contributed by atoms with Crippen molar-refractivity contribution in [2.75, 3.05) is 0 Å². The van der Waals surface area contributed by atoms with Gasteiger partial charge in [-0.2, -0.15) is 0 Å². The smallest absolute Gasteiger partial charge is 0.339 e. The molecule has 0 aliphatic carbocycles. The number of benzene rings is 2. The highest BCUT2D eigenvalue weighted by atomic mass is 35.5. The number of hydrogen-bond donors (Lipinski definition) is 2. The van der Waals surface area contributed by atoms with Crippen LogP contribution in [0.5, 0.6) is 0 Å². The monoisotopic (exact) mass is 522 g/mol. The number of furan rings is 1. The number of nitrogens with zero attached hydrogens (tertiary/aromatic N) is 2. The van der Waals surface area contributed by atoms with Gasteiger partial charge >= 0.3 is 11.9 Å². The Morgan fingerprint density at radius 1 is 1.03 bits per heavy atom. The maximum Gasteiger partial charge on any atom is 0.339 e. The van der Waals surface area contributed by atoms with E-state index in [-0.39, 0.29) is 30.1 Å². The molecule has 0 bridgehead atoms. The number of aromatic nitrogens is 2. The van der Waals surface area contributed by atoms with Gasteiger partial charge in [0.15, 0.2) is 5.15 Å². The molecule has 0 aliphatic heterocycles. The van der Waals surface area contributed by atoms with Gasteiger partial charge < -0.3 is 23.9 Å². The highest BCUT2D eigenvalue weighted by molar-refractivity contribution is 6.30. The molecule has 0 unspecified atom stereocenters. The molecule has 0 saturated heterocycles. The van der Waals surface area contributed by atoms with Gasteiger partial charge in [-0.1, -0.05) is 67.4 Å². The molecule has 0 fully saturated rings. The van der Waals surface area contributed by atoms with Crippen LogP contribution in [0.4, 0.5) is 0 Å². The van der Waals surface area contributed by atoms with E-state index in [2.05, 4.69) is 11.9 Å². The number of unbranched alkanes of at least 4 members (excludes halogenated alkanes) is 1. The summed E-state index contributed by atoms with van der Waals surface area (Å²) in [4.78, 5) is 28.0. The number of ether oxygens (including phenoxy) is 1.